The Bertz CT molecular complexity index is 895. The van der Waals surface area contributed by atoms with E-state index in [1.54, 1.807) is 31.2 Å². The summed E-state index contributed by atoms with van der Waals surface area (Å²) in [5, 5.41) is 11.2. The van der Waals surface area contributed by atoms with E-state index in [9.17, 15) is 4.79 Å². The molecule has 1 aromatic carbocycles. The van der Waals surface area contributed by atoms with Gasteiger partial charge in [-0.05, 0) is 57.0 Å². The lowest BCUT2D eigenvalue weighted by Crippen LogP contribution is -2.30. The summed E-state index contributed by atoms with van der Waals surface area (Å²) in [6, 6.07) is 9.19. The van der Waals surface area contributed by atoms with Gasteiger partial charge in [-0.3, -0.25) is 9.48 Å². The van der Waals surface area contributed by atoms with Crippen molar-refractivity contribution in [2.24, 2.45) is 5.92 Å². The Morgan fingerprint density at radius 1 is 1.23 bits per heavy atom. The summed E-state index contributed by atoms with van der Waals surface area (Å²) in [5.41, 5.74) is 3.53. The van der Waals surface area contributed by atoms with Crippen molar-refractivity contribution >= 4 is 5.91 Å². The van der Waals surface area contributed by atoms with Gasteiger partial charge in [-0.2, -0.15) is 10.1 Å². The zero-order valence-corrected chi connectivity index (χ0v) is 15.5. The van der Waals surface area contributed by atoms with Gasteiger partial charge < -0.3 is 9.84 Å². The quantitative estimate of drug-likeness (QED) is 0.736. The van der Waals surface area contributed by atoms with E-state index in [1.807, 2.05) is 18.5 Å². The van der Waals surface area contributed by atoms with E-state index in [0.29, 0.717) is 23.8 Å². The number of nitrogens with one attached hydrogen (secondary N) is 1. The molecule has 2 heterocycles. The van der Waals surface area contributed by atoms with Crippen molar-refractivity contribution in [1.82, 2.24) is 25.2 Å². The number of carbonyl (C=O) groups is 1. The molecular weight excluding hydrogens is 330 g/mol. The molecule has 0 saturated carbocycles. The van der Waals surface area contributed by atoms with Crippen LogP contribution in [0, 0.1) is 26.7 Å². The molecule has 0 saturated heterocycles. The first kappa shape index (κ1) is 17.8. The summed E-state index contributed by atoms with van der Waals surface area (Å²) in [7, 11) is 0. The van der Waals surface area contributed by atoms with Gasteiger partial charge in [0.25, 0.3) is 11.8 Å². The highest BCUT2D eigenvalue weighted by Crippen LogP contribution is 2.17. The Kier molecular flexibility index (Phi) is 5.16. The number of amides is 1. The molecule has 1 N–H and O–H groups in total. The van der Waals surface area contributed by atoms with Crippen LogP contribution in [-0.4, -0.2) is 32.4 Å². The largest absolute Gasteiger partial charge is 0.352 e. The van der Waals surface area contributed by atoms with Gasteiger partial charge in [0.15, 0.2) is 5.82 Å². The minimum absolute atomic E-state index is 0.0986. The maximum atomic E-state index is 12.3. The molecule has 7 heteroatoms. The molecule has 0 radical (unpaired) electrons. The van der Waals surface area contributed by atoms with Crippen LogP contribution in [0.3, 0.4) is 0 Å². The van der Waals surface area contributed by atoms with Crippen molar-refractivity contribution < 1.29 is 9.32 Å². The first-order chi connectivity index (χ1) is 12.4. The fourth-order valence-electron chi connectivity index (χ4n) is 2.77. The second-order valence-corrected chi connectivity index (χ2v) is 6.65. The molecule has 2 aromatic heterocycles. The van der Waals surface area contributed by atoms with Crippen molar-refractivity contribution in [3.63, 3.8) is 0 Å². The minimum atomic E-state index is -0.0986. The monoisotopic (exact) mass is 353 g/mol. The van der Waals surface area contributed by atoms with Gasteiger partial charge in [-0.15, -0.1) is 0 Å². The molecular formula is C19H23N5O2. The molecule has 1 amide bonds. The van der Waals surface area contributed by atoms with Gasteiger partial charge in [-0.25, -0.2) is 0 Å². The van der Waals surface area contributed by atoms with Crippen molar-refractivity contribution in [2.45, 2.75) is 34.2 Å². The number of aryl methyl sites for hydroxylation is 3. The Morgan fingerprint density at radius 2 is 1.96 bits per heavy atom. The van der Waals surface area contributed by atoms with Gasteiger partial charge >= 0.3 is 0 Å². The number of benzene rings is 1. The number of nitrogens with zero attached hydrogens (tertiary/aromatic N) is 4. The fraction of sp³-hybridized carbons (Fsp3) is 0.368. The molecule has 0 spiro atoms. The molecule has 0 aliphatic rings. The van der Waals surface area contributed by atoms with Crippen LogP contribution in [0.15, 0.2) is 34.9 Å². The Hall–Kier alpha value is -2.96. The van der Waals surface area contributed by atoms with Gasteiger partial charge in [-0.1, -0.05) is 12.1 Å². The van der Waals surface area contributed by atoms with Gasteiger partial charge in [0.05, 0.1) is 5.69 Å². The van der Waals surface area contributed by atoms with E-state index in [2.05, 4.69) is 33.5 Å². The maximum Gasteiger partial charge on any atom is 0.257 e. The molecule has 3 rings (SSSR count). The standard InChI is InChI=1S/C19H23N5O2/c1-12(11-24-14(3)9-13(2)22-24)10-20-18(25)16-5-7-17(8-6-16)19-21-15(4)23-26-19/h5-9,12H,10-11H2,1-4H3,(H,20,25)/t12-/m0/s1. The van der Waals surface area contributed by atoms with Crippen molar-refractivity contribution in [1.29, 1.82) is 0 Å². The van der Waals surface area contributed by atoms with E-state index in [0.717, 1.165) is 23.5 Å². The Balaban J connectivity index is 1.55. The average Bonchev–Trinajstić information content (AvgIpc) is 3.18. The zero-order chi connectivity index (χ0) is 18.7. The van der Waals surface area contributed by atoms with E-state index >= 15 is 0 Å². The summed E-state index contributed by atoms with van der Waals surface area (Å²) >= 11 is 0. The van der Waals surface area contributed by atoms with Crippen LogP contribution in [0.5, 0.6) is 0 Å². The zero-order valence-electron chi connectivity index (χ0n) is 15.5. The van der Waals surface area contributed by atoms with E-state index in [4.69, 9.17) is 4.52 Å². The second kappa shape index (κ2) is 7.51. The summed E-state index contributed by atoms with van der Waals surface area (Å²) < 4.78 is 7.11. The average molecular weight is 353 g/mol. The predicted molar refractivity (Wildman–Crippen MR) is 97.7 cm³/mol. The lowest BCUT2D eigenvalue weighted by atomic mass is 10.1. The summed E-state index contributed by atoms with van der Waals surface area (Å²) in [4.78, 5) is 16.5. The third-order valence-electron chi connectivity index (χ3n) is 4.12. The van der Waals surface area contributed by atoms with Crippen LogP contribution < -0.4 is 5.32 Å². The lowest BCUT2D eigenvalue weighted by molar-refractivity contribution is 0.0946. The topological polar surface area (TPSA) is 85.8 Å². The predicted octanol–water partition coefficient (Wildman–Crippen LogP) is 2.92. The van der Waals surface area contributed by atoms with Crippen molar-refractivity contribution in [3.8, 4) is 11.5 Å². The number of hydrogen-bond acceptors (Lipinski definition) is 5. The van der Waals surface area contributed by atoms with Gasteiger partial charge in [0.1, 0.15) is 0 Å². The van der Waals surface area contributed by atoms with E-state index < -0.39 is 0 Å². The first-order valence-electron chi connectivity index (χ1n) is 8.62. The van der Waals surface area contributed by atoms with Gasteiger partial charge in [0, 0.05) is 29.9 Å². The smallest absolute Gasteiger partial charge is 0.257 e. The molecule has 1 atom stereocenters. The van der Waals surface area contributed by atoms with Crippen LogP contribution in [0.2, 0.25) is 0 Å². The molecule has 0 aliphatic heterocycles. The number of aromatic nitrogens is 4. The van der Waals surface area contributed by atoms with Crippen molar-refractivity contribution in [2.75, 3.05) is 6.54 Å². The van der Waals surface area contributed by atoms with Crippen LogP contribution in [0.1, 0.15) is 34.5 Å². The summed E-state index contributed by atoms with van der Waals surface area (Å²) in [5.74, 6) is 1.21. The van der Waals surface area contributed by atoms with Crippen LogP contribution in [0.25, 0.3) is 11.5 Å². The number of rotatable bonds is 6. The summed E-state index contributed by atoms with van der Waals surface area (Å²) in [6.07, 6.45) is 0. The second-order valence-electron chi connectivity index (χ2n) is 6.65. The van der Waals surface area contributed by atoms with E-state index in [-0.39, 0.29) is 11.8 Å². The molecule has 3 aromatic rings. The highest BCUT2D eigenvalue weighted by atomic mass is 16.5. The normalized spacial score (nSPS) is 12.2. The van der Waals surface area contributed by atoms with Gasteiger partial charge in [0.2, 0.25) is 0 Å². The number of carbonyl (C=O) groups excluding carboxylic acids is 1. The third-order valence-corrected chi connectivity index (χ3v) is 4.12. The SMILES string of the molecule is Cc1cc(C)n(C[C@@H](C)CNC(=O)c2ccc(-c3nc(C)no3)cc2)n1. The van der Waals surface area contributed by atoms with E-state index in [1.165, 1.54) is 0 Å². The highest BCUT2D eigenvalue weighted by molar-refractivity contribution is 5.94. The van der Waals surface area contributed by atoms with Crippen LogP contribution in [0.4, 0.5) is 0 Å². The molecule has 26 heavy (non-hydrogen) atoms. The number of hydrogen-bond donors (Lipinski definition) is 1. The van der Waals surface area contributed by atoms with Crippen LogP contribution >= 0.6 is 0 Å². The molecule has 136 valence electrons. The van der Waals surface area contributed by atoms with Crippen LogP contribution in [-0.2, 0) is 6.54 Å². The lowest BCUT2D eigenvalue weighted by Gasteiger charge is -2.14. The minimum Gasteiger partial charge on any atom is -0.352 e. The highest BCUT2D eigenvalue weighted by Gasteiger charge is 2.12. The fourth-order valence-corrected chi connectivity index (χ4v) is 2.77. The Labute approximate surface area is 152 Å². The molecule has 0 fully saturated rings. The van der Waals surface area contributed by atoms with Crippen molar-refractivity contribution in [3.05, 3.63) is 53.1 Å². The molecule has 0 unspecified atom stereocenters. The maximum absolute atomic E-state index is 12.3. The Morgan fingerprint density at radius 3 is 2.54 bits per heavy atom. The molecule has 0 bridgehead atoms. The third kappa shape index (κ3) is 4.17. The molecule has 0 aliphatic carbocycles. The first-order valence-corrected chi connectivity index (χ1v) is 8.62. The summed E-state index contributed by atoms with van der Waals surface area (Å²) in [6.45, 7) is 9.24. The molecule has 7 nitrogen and oxygen atoms in total.